The van der Waals surface area contributed by atoms with Gasteiger partial charge in [0.25, 0.3) is 0 Å². The van der Waals surface area contributed by atoms with Gasteiger partial charge in [-0.25, -0.2) is 9.07 Å². The topological polar surface area (TPSA) is 52.7 Å². The SMILES string of the molecule is Cc1c(C(=O)/C=C/c2ccnn2C)cnn1-c1ccc(F)cc1. The second-order valence-electron chi connectivity index (χ2n) is 5.11. The van der Waals surface area contributed by atoms with Crippen LogP contribution in [0.25, 0.3) is 11.8 Å². The maximum atomic E-state index is 13.0. The first-order chi connectivity index (χ1) is 11.1. The van der Waals surface area contributed by atoms with Crippen molar-refractivity contribution in [2.45, 2.75) is 6.92 Å². The van der Waals surface area contributed by atoms with E-state index in [9.17, 15) is 9.18 Å². The fourth-order valence-corrected chi connectivity index (χ4v) is 2.29. The van der Waals surface area contributed by atoms with Crippen LogP contribution in [0.3, 0.4) is 0 Å². The molecule has 0 N–H and O–H groups in total. The van der Waals surface area contributed by atoms with Crippen LogP contribution in [-0.2, 0) is 7.05 Å². The first-order valence-electron chi connectivity index (χ1n) is 7.07. The van der Waals surface area contributed by atoms with Gasteiger partial charge in [-0.15, -0.1) is 0 Å². The lowest BCUT2D eigenvalue weighted by Gasteiger charge is -2.04. The summed E-state index contributed by atoms with van der Waals surface area (Å²) in [6.07, 6.45) is 6.40. The molecule has 0 bridgehead atoms. The van der Waals surface area contributed by atoms with E-state index >= 15 is 0 Å². The third kappa shape index (κ3) is 2.96. The van der Waals surface area contributed by atoms with Crippen molar-refractivity contribution in [3.05, 3.63) is 71.6 Å². The van der Waals surface area contributed by atoms with Crippen molar-refractivity contribution < 1.29 is 9.18 Å². The number of aryl methyl sites for hydroxylation is 1. The van der Waals surface area contributed by atoms with Crippen LogP contribution < -0.4 is 0 Å². The highest BCUT2D eigenvalue weighted by Crippen LogP contribution is 2.16. The van der Waals surface area contributed by atoms with E-state index in [1.54, 1.807) is 33.8 Å². The van der Waals surface area contributed by atoms with Crippen molar-refractivity contribution in [2.75, 3.05) is 0 Å². The summed E-state index contributed by atoms with van der Waals surface area (Å²) < 4.78 is 16.3. The first kappa shape index (κ1) is 14.9. The summed E-state index contributed by atoms with van der Waals surface area (Å²) in [6, 6.07) is 7.78. The van der Waals surface area contributed by atoms with Crippen LogP contribution in [0.1, 0.15) is 21.7 Å². The second kappa shape index (κ2) is 6.00. The molecule has 0 amide bonds. The Labute approximate surface area is 132 Å². The molecule has 6 heteroatoms. The minimum Gasteiger partial charge on any atom is -0.289 e. The van der Waals surface area contributed by atoms with Crippen molar-refractivity contribution in [3.63, 3.8) is 0 Å². The fourth-order valence-electron chi connectivity index (χ4n) is 2.29. The van der Waals surface area contributed by atoms with Gasteiger partial charge in [-0.05, 0) is 49.4 Å². The predicted molar refractivity (Wildman–Crippen MR) is 84.8 cm³/mol. The van der Waals surface area contributed by atoms with Gasteiger partial charge in [-0.2, -0.15) is 10.2 Å². The minimum absolute atomic E-state index is 0.142. The summed E-state index contributed by atoms with van der Waals surface area (Å²) in [5.41, 5.74) is 2.75. The molecule has 2 heterocycles. The van der Waals surface area contributed by atoms with E-state index in [-0.39, 0.29) is 11.6 Å². The van der Waals surface area contributed by atoms with Crippen LogP contribution in [0.2, 0.25) is 0 Å². The van der Waals surface area contributed by atoms with Crippen LogP contribution in [0.15, 0.2) is 48.8 Å². The molecule has 0 radical (unpaired) electrons. The van der Waals surface area contributed by atoms with Crippen LogP contribution in [0.4, 0.5) is 4.39 Å². The summed E-state index contributed by atoms with van der Waals surface area (Å²) in [5.74, 6) is -0.453. The third-order valence-electron chi connectivity index (χ3n) is 3.61. The lowest BCUT2D eigenvalue weighted by molar-refractivity contribution is 0.104. The number of rotatable bonds is 4. The highest BCUT2D eigenvalue weighted by atomic mass is 19.1. The number of aromatic nitrogens is 4. The average Bonchev–Trinajstić information content (AvgIpc) is 3.12. The van der Waals surface area contributed by atoms with Gasteiger partial charge in [-0.1, -0.05) is 0 Å². The molecule has 0 saturated carbocycles. The molecule has 0 atom stereocenters. The van der Waals surface area contributed by atoms with E-state index in [1.807, 2.05) is 20.0 Å². The zero-order chi connectivity index (χ0) is 16.4. The Hall–Kier alpha value is -3.02. The van der Waals surface area contributed by atoms with E-state index in [4.69, 9.17) is 0 Å². The van der Waals surface area contributed by atoms with Gasteiger partial charge < -0.3 is 0 Å². The molecule has 116 valence electrons. The zero-order valence-corrected chi connectivity index (χ0v) is 12.8. The smallest absolute Gasteiger partial charge is 0.189 e. The monoisotopic (exact) mass is 310 g/mol. The third-order valence-corrected chi connectivity index (χ3v) is 3.61. The number of carbonyl (C=O) groups is 1. The molecule has 0 aliphatic heterocycles. The number of nitrogens with zero attached hydrogens (tertiary/aromatic N) is 4. The summed E-state index contributed by atoms with van der Waals surface area (Å²) >= 11 is 0. The van der Waals surface area contributed by atoms with Gasteiger partial charge in [0, 0.05) is 13.2 Å². The first-order valence-corrected chi connectivity index (χ1v) is 7.07. The minimum atomic E-state index is -0.311. The molecule has 0 saturated heterocycles. The standard InChI is InChI=1S/C17H15FN4O/c1-12-16(17(23)8-7-14-9-10-19-21(14)2)11-20-22(12)15-5-3-13(18)4-6-15/h3-11H,1-2H3/b8-7+. The Balaban J connectivity index is 1.87. The summed E-state index contributed by atoms with van der Waals surface area (Å²) in [4.78, 5) is 12.3. The number of allylic oxidation sites excluding steroid dienone is 1. The van der Waals surface area contributed by atoms with E-state index in [2.05, 4.69) is 10.2 Å². The number of halogens is 1. The van der Waals surface area contributed by atoms with Crippen molar-refractivity contribution in [3.8, 4) is 5.69 Å². The molecule has 5 nitrogen and oxygen atoms in total. The Bertz CT molecular complexity index is 874. The van der Waals surface area contributed by atoms with E-state index in [0.29, 0.717) is 16.9 Å². The Morgan fingerprint density at radius 3 is 2.57 bits per heavy atom. The molecule has 0 spiro atoms. The molecule has 0 aliphatic rings. The summed E-state index contributed by atoms with van der Waals surface area (Å²) in [7, 11) is 1.81. The van der Waals surface area contributed by atoms with Gasteiger partial charge in [0.1, 0.15) is 5.82 Å². The molecule has 3 aromatic rings. The average molecular weight is 310 g/mol. The second-order valence-corrected chi connectivity index (χ2v) is 5.11. The lowest BCUT2D eigenvalue weighted by Crippen LogP contribution is -2.02. The quantitative estimate of drug-likeness (QED) is 0.550. The van der Waals surface area contributed by atoms with Crippen molar-refractivity contribution in [1.29, 1.82) is 0 Å². The number of hydrogen-bond donors (Lipinski definition) is 0. The Morgan fingerprint density at radius 1 is 1.17 bits per heavy atom. The molecule has 0 aliphatic carbocycles. The highest BCUT2D eigenvalue weighted by Gasteiger charge is 2.13. The van der Waals surface area contributed by atoms with E-state index < -0.39 is 0 Å². The number of ketones is 1. The van der Waals surface area contributed by atoms with Crippen molar-refractivity contribution >= 4 is 11.9 Å². The molecule has 0 unspecified atom stereocenters. The van der Waals surface area contributed by atoms with Gasteiger partial charge >= 0.3 is 0 Å². The zero-order valence-electron chi connectivity index (χ0n) is 12.8. The lowest BCUT2D eigenvalue weighted by atomic mass is 10.1. The van der Waals surface area contributed by atoms with Crippen LogP contribution in [0, 0.1) is 12.7 Å². The summed E-state index contributed by atoms with van der Waals surface area (Å²) in [6.45, 7) is 1.81. The molecule has 0 fully saturated rings. The van der Waals surface area contributed by atoms with Gasteiger partial charge in [-0.3, -0.25) is 9.48 Å². The van der Waals surface area contributed by atoms with Crippen LogP contribution in [-0.4, -0.2) is 25.3 Å². The maximum Gasteiger partial charge on any atom is 0.189 e. The largest absolute Gasteiger partial charge is 0.289 e. The maximum absolute atomic E-state index is 13.0. The van der Waals surface area contributed by atoms with E-state index in [1.165, 1.54) is 24.4 Å². The Morgan fingerprint density at radius 2 is 1.91 bits per heavy atom. The van der Waals surface area contributed by atoms with Crippen LogP contribution >= 0.6 is 0 Å². The molecular weight excluding hydrogens is 295 g/mol. The molecule has 1 aromatic carbocycles. The van der Waals surface area contributed by atoms with Gasteiger partial charge in [0.15, 0.2) is 5.78 Å². The normalized spacial score (nSPS) is 11.3. The highest BCUT2D eigenvalue weighted by molar-refractivity contribution is 6.07. The molecular formula is C17H15FN4O. The van der Waals surface area contributed by atoms with Gasteiger partial charge in [0.2, 0.25) is 0 Å². The van der Waals surface area contributed by atoms with Crippen molar-refractivity contribution in [1.82, 2.24) is 19.6 Å². The number of hydrogen-bond acceptors (Lipinski definition) is 3. The summed E-state index contributed by atoms with van der Waals surface area (Å²) in [5, 5.41) is 8.26. The predicted octanol–water partition coefficient (Wildman–Crippen LogP) is 2.95. The Kier molecular flexibility index (Phi) is 3.89. The molecule has 2 aromatic heterocycles. The van der Waals surface area contributed by atoms with Gasteiger partial charge in [0.05, 0.1) is 28.8 Å². The molecule has 23 heavy (non-hydrogen) atoms. The van der Waals surface area contributed by atoms with E-state index in [0.717, 1.165) is 5.69 Å². The van der Waals surface area contributed by atoms with Crippen molar-refractivity contribution in [2.24, 2.45) is 7.05 Å². The number of carbonyl (C=O) groups excluding carboxylic acids is 1. The number of benzene rings is 1. The fraction of sp³-hybridized carbons (Fsp3) is 0.118. The molecule has 3 rings (SSSR count). The van der Waals surface area contributed by atoms with Crippen LogP contribution in [0.5, 0.6) is 0 Å².